The van der Waals surface area contributed by atoms with E-state index in [1.807, 2.05) is 61.5 Å². The number of hydrogen-bond donors (Lipinski definition) is 4. The first-order valence-corrected chi connectivity index (χ1v) is 14.3. The Bertz CT molecular complexity index is 1160. The Morgan fingerprint density at radius 1 is 0.762 bits per heavy atom. The molecule has 2 aromatic rings. The van der Waals surface area contributed by atoms with Crippen LogP contribution >= 0.6 is 0 Å². The van der Waals surface area contributed by atoms with Gasteiger partial charge in [-0.15, -0.1) is 0 Å². The zero-order valence-corrected chi connectivity index (χ0v) is 24.6. The summed E-state index contributed by atoms with van der Waals surface area (Å²) in [6.45, 7) is 6.20. The molecule has 0 saturated carbocycles. The third kappa shape index (κ3) is 12.4. The molecule has 0 heterocycles. The number of carbonyl (C=O) groups is 4. The monoisotopic (exact) mass is 582 g/mol. The molecule has 42 heavy (non-hydrogen) atoms. The molecule has 228 valence electrons. The number of benzene rings is 2. The molecule has 3 amide bonds. The molecule has 4 N–H and O–H groups in total. The van der Waals surface area contributed by atoms with Crippen molar-refractivity contribution in [3.8, 4) is 0 Å². The molecule has 2 unspecified atom stereocenters. The largest absolute Gasteiger partial charge is 0.478 e. The summed E-state index contributed by atoms with van der Waals surface area (Å²) in [5.41, 5.74) is 2.63. The summed E-state index contributed by atoms with van der Waals surface area (Å²) in [5, 5.41) is 15.7. The van der Waals surface area contributed by atoms with Gasteiger partial charge < -0.3 is 30.2 Å². The number of unbranched alkanes of at least 4 members (excludes halogenated alkanes) is 1. The lowest BCUT2D eigenvalue weighted by atomic mass is 10.0. The van der Waals surface area contributed by atoms with Crippen molar-refractivity contribution in [1.82, 2.24) is 16.0 Å². The Morgan fingerprint density at radius 2 is 1.43 bits per heavy atom. The van der Waals surface area contributed by atoms with E-state index in [0.29, 0.717) is 25.1 Å². The highest BCUT2D eigenvalue weighted by atomic mass is 16.5. The Kier molecular flexibility index (Phi) is 15.2. The van der Waals surface area contributed by atoms with Crippen LogP contribution in [-0.2, 0) is 41.4 Å². The van der Waals surface area contributed by atoms with Crippen LogP contribution in [0.5, 0.6) is 0 Å². The molecule has 0 aromatic heterocycles. The summed E-state index contributed by atoms with van der Waals surface area (Å²) in [6, 6.07) is 13.8. The second-order valence-electron chi connectivity index (χ2n) is 9.38. The first-order valence-electron chi connectivity index (χ1n) is 14.3. The summed E-state index contributed by atoms with van der Waals surface area (Å²) in [6.07, 6.45) is 2.05. The lowest BCUT2D eigenvalue weighted by Crippen LogP contribution is -2.55. The number of hydrogen-bond acceptors (Lipinski definition) is 8. The van der Waals surface area contributed by atoms with Gasteiger partial charge in [0.25, 0.3) is 0 Å². The van der Waals surface area contributed by atoms with Crippen LogP contribution in [0.4, 0.5) is 4.79 Å². The van der Waals surface area contributed by atoms with Gasteiger partial charge in [0, 0.05) is 18.5 Å². The van der Waals surface area contributed by atoms with E-state index in [1.165, 1.54) is 0 Å². The van der Waals surface area contributed by atoms with Gasteiger partial charge in [-0.05, 0) is 63.3 Å². The topological polar surface area (TPSA) is 156 Å². The van der Waals surface area contributed by atoms with Crippen molar-refractivity contribution >= 4 is 29.8 Å². The summed E-state index contributed by atoms with van der Waals surface area (Å²) in [5.74, 6) is -1.83. The fourth-order valence-corrected chi connectivity index (χ4v) is 4.07. The number of carbonyl (C=O) groups excluding carboxylic acids is 4. The van der Waals surface area contributed by atoms with Crippen LogP contribution in [0.1, 0.15) is 56.7 Å². The van der Waals surface area contributed by atoms with E-state index in [1.54, 1.807) is 13.8 Å². The normalized spacial score (nSPS) is 11.9. The minimum Gasteiger partial charge on any atom is -0.478 e. The van der Waals surface area contributed by atoms with Crippen LogP contribution in [-0.4, -0.2) is 68.2 Å². The third-order valence-corrected chi connectivity index (χ3v) is 6.15. The zero-order chi connectivity index (χ0) is 30.7. The number of nitrogens with one attached hydrogen (secondary N) is 4. The highest BCUT2D eigenvalue weighted by Gasteiger charge is 2.29. The average Bonchev–Trinajstić information content (AvgIpc) is 2.97. The number of esters is 2. The Labute approximate surface area is 247 Å². The van der Waals surface area contributed by atoms with Gasteiger partial charge in [-0.1, -0.05) is 42.5 Å². The van der Waals surface area contributed by atoms with Gasteiger partial charge in [-0.2, -0.15) is 0 Å². The van der Waals surface area contributed by atoms with Crippen molar-refractivity contribution < 1.29 is 33.4 Å². The fraction of sp³-hybridized carbons (Fsp3) is 0.452. The van der Waals surface area contributed by atoms with E-state index >= 15 is 0 Å². The van der Waals surface area contributed by atoms with Gasteiger partial charge in [0.15, 0.2) is 0 Å². The predicted molar refractivity (Wildman–Crippen MR) is 158 cm³/mol. The van der Waals surface area contributed by atoms with Crippen molar-refractivity contribution in [1.29, 1.82) is 5.41 Å². The highest BCUT2D eigenvalue weighted by molar-refractivity contribution is 5.93. The van der Waals surface area contributed by atoms with E-state index in [0.717, 1.165) is 24.0 Å². The van der Waals surface area contributed by atoms with E-state index in [9.17, 15) is 19.2 Å². The molecule has 2 rings (SSSR count). The second kappa shape index (κ2) is 18.8. The van der Waals surface area contributed by atoms with Crippen LogP contribution in [0.3, 0.4) is 0 Å². The smallest absolute Gasteiger partial charge is 0.328 e. The molecule has 0 fully saturated rings. The summed E-state index contributed by atoms with van der Waals surface area (Å²) in [4.78, 5) is 50.6. The van der Waals surface area contributed by atoms with Crippen molar-refractivity contribution in [3.63, 3.8) is 0 Å². The van der Waals surface area contributed by atoms with Gasteiger partial charge in [0.1, 0.15) is 12.1 Å². The Morgan fingerprint density at radius 3 is 2.07 bits per heavy atom. The molecule has 2 atom stereocenters. The van der Waals surface area contributed by atoms with Crippen molar-refractivity contribution in [2.45, 2.75) is 65.0 Å². The first-order chi connectivity index (χ1) is 20.3. The van der Waals surface area contributed by atoms with Gasteiger partial charge in [-0.25, -0.2) is 9.59 Å². The fourth-order valence-electron chi connectivity index (χ4n) is 4.07. The van der Waals surface area contributed by atoms with E-state index in [-0.39, 0.29) is 25.5 Å². The molecule has 0 aliphatic heterocycles. The van der Waals surface area contributed by atoms with Crippen LogP contribution in [0, 0.1) is 5.41 Å². The molecule has 0 radical (unpaired) electrons. The standard InChI is InChI=1S/C31H42N4O7/c1-4-40-27(36)21-25(29(37)34-26(30(38)42-6-3)20-23-13-8-7-9-14-23)35-31(39)33-19-11-10-12-22-15-17-24(18-16-22)28(32)41-5-2/h7-9,13-18,25-26,32H,4-6,10-12,19-21H2,1-3H3,(H,34,37)(H2,33,35,39). The summed E-state index contributed by atoms with van der Waals surface area (Å²) < 4.78 is 15.3. The molecule has 0 aliphatic carbocycles. The van der Waals surface area contributed by atoms with E-state index < -0.39 is 42.4 Å². The van der Waals surface area contributed by atoms with Crippen LogP contribution < -0.4 is 16.0 Å². The lowest BCUT2D eigenvalue weighted by Gasteiger charge is -2.22. The van der Waals surface area contributed by atoms with E-state index in [2.05, 4.69) is 16.0 Å². The molecule has 0 bridgehead atoms. The Balaban J connectivity index is 1.91. The number of amides is 3. The number of aryl methyl sites for hydroxylation is 1. The molecule has 11 nitrogen and oxygen atoms in total. The van der Waals surface area contributed by atoms with Crippen LogP contribution in [0.25, 0.3) is 0 Å². The number of rotatable bonds is 17. The van der Waals surface area contributed by atoms with Crippen LogP contribution in [0.2, 0.25) is 0 Å². The molecule has 11 heteroatoms. The highest BCUT2D eigenvalue weighted by Crippen LogP contribution is 2.10. The number of urea groups is 1. The van der Waals surface area contributed by atoms with Gasteiger partial charge in [-0.3, -0.25) is 15.0 Å². The first kappa shape index (κ1) is 33.8. The maximum Gasteiger partial charge on any atom is 0.328 e. The maximum absolute atomic E-state index is 13.2. The van der Waals surface area contributed by atoms with Crippen LogP contribution in [0.15, 0.2) is 54.6 Å². The third-order valence-electron chi connectivity index (χ3n) is 6.15. The molecule has 2 aromatic carbocycles. The maximum atomic E-state index is 13.2. The number of ether oxygens (including phenoxy) is 3. The average molecular weight is 583 g/mol. The van der Waals surface area contributed by atoms with Gasteiger partial charge in [0.05, 0.1) is 26.2 Å². The van der Waals surface area contributed by atoms with Gasteiger partial charge >= 0.3 is 18.0 Å². The SMILES string of the molecule is CCOC(=N)c1ccc(CCCCNC(=O)NC(CC(=O)OCC)C(=O)NC(Cc2ccccc2)C(=O)OCC)cc1. The minimum atomic E-state index is -1.26. The van der Waals surface area contributed by atoms with E-state index in [4.69, 9.17) is 19.6 Å². The molecular weight excluding hydrogens is 540 g/mol. The van der Waals surface area contributed by atoms with Crippen molar-refractivity contribution in [2.24, 2.45) is 0 Å². The summed E-state index contributed by atoms with van der Waals surface area (Å²) in [7, 11) is 0. The lowest BCUT2D eigenvalue weighted by molar-refractivity contribution is -0.148. The molecular formula is C31H42N4O7. The zero-order valence-electron chi connectivity index (χ0n) is 24.6. The molecule has 0 spiro atoms. The molecule has 0 aliphatic rings. The minimum absolute atomic E-state index is 0.122. The predicted octanol–water partition coefficient (Wildman–Crippen LogP) is 3.28. The second-order valence-corrected chi connectivity index (χ2v) is 9.38. The Hall–Kier alpha value is -4.41. The quantitative estimate of drug-likeness (QED) is 0.0965. The van der Waals surface area contributed by atoms with Crippen molar-refractivity contribution in [2.75, 3.05) is 26.4 Å². The summed E-state index contributed by atoms with van der Waals surface area (Å²) >= 11 is 0. The van der Waals surface area contributed by atoms with Crippen molar-refractivity contribution in [3.05, 3.63) is 71.3 Å². The molecule has 0 saturated heterocycles. The van der Waals surface area contributed by atoms with Gasteiger partial charge in [0.2, 0.25) is 11.8 Å².